The molecule has 5 nitrogen and oxygen atoms in total. The highest BCUT2D eigenvalue weighted by molar-refractivity contribution is 5.96. The molecular weight excluding hydrogens is 254 g/mol. The number of piperidine rings is 1. The van der Waals surface area contributed by atoms with Crippen molar-refractivity contribution in [1.29, 1.82) is 0 Å². The summed E-state index contributed by atoms with van der Waals surface area (Å²) in [6.45, 7) is 2.92. The van der Waals surface area contributed by atoms with E-state index in [0.717, 1.165) is 54.9 Å². The van der Waals surface area contributed by atoms with E-state index in [1.807, 2.05) is 25.1 Å². The van der Waals surface area contributed by atoms with Crippen molar-refractivity contribution in [2.75, 3.05) is 11.9 Å². The van der Waals surface area contributed by atoms with Crippen molar-refractivity contribution >= 4 is 22.7 Å². The number of oxazole rings is 1. The van der Waals surface area contributed by atoms with Gasteiger partial charge in [0, 0.05) is 12.1 Å². The number of benzene rings is 1. The maximum Gasteiger partial charge on any atom is 0.241 e. The number of aryl methyl sites for hydroxylation is 1. The highest BCUT2D eigenvalue weighted by Crippen LogP contribution is 2.21. The van der Waals surface area contributed by atoms with Crippen LogP contribution in [-0.2, 0) is 11.2 Å². The molecule has 0 bridgehead atoms. The predicted molar refractivity (Wildman–Crippen MR) is 77.7 cm³/mol. The van der Waals surface area contributed by atoms with Crippen molar-refractivity contribution < 1.29 is 9.21 Å². The van der Waals surface area contributed by atoms with Crippen molar-refractivity contribution in [1.82, 2.24) is 10.3 Å². The Labute approximate surface area is 117 Å². The summed E-state index contributed by atoms with van der Waals surface area (Å²) < 4.78 is 5.56. The number of anilines is 1. The number of nitrogens with one attached hydrogen (secondary N) is 2. The highest BCUT2D eigenvalue weighted by Gasteiger charge is 2.20. The van der Waals surface area contributed by atoms with Crippen LogP contribution in [0, 0.1) is 0 Å². The van der Waals surface area contributed by atoms with Crippen LogP contribution in [0.4, 0.5) is 5.69 Å². The van der Waals surface area contributed by atoms with Gasteiger partial charge in [0.25, 0.3) is 0 Å². The topological polar surface area (TPSA) is 67.2 Å². The molecule has 0 radical (unpaired) electrons. The fraction of sp³-hybridized carbons (Fsp3) is 0.467. The number of hydrogen-bond donors (Lipinski definition) is 2. The Hall–Kier alpha value is -1.88. The van der Waals surface area contributed by atoms with E-state index >= 15 is 0 Å². The van der Waals surface area contributed by atoms with Gasteiger partial charge in [0.05, 0.1) is 6.04 Å². The van der Waals surface area contributed by atoms with Gasteiger partial charge in [-0.1, -0.05) is 13.3 Å². The van der Waals surface area contributed by atoms with Gasteiger partial charge < -0.3 is 15.1 Å². The summed E-state index contributed by atoms with van der Waals surface area (Å²) in [6, 6.07) is 5.49. The second kappa shape index (κ2) is 5.63. The first-order chi connectivity index (χ1) is 9.76. The lowest BCUT2D eigenvalue weighted by Crippen LogP contribution is -2.43. The molecule has 0 aliphatic carbocycles. The first-order valence-electron chi connectivity index (χ1n) is 7.20. The fourth-order valence-electron chi connectivity index (χ4n) is 2.51. The van der Waals surface area contributed by atoms with Crippen LogP contribution in [0.25, 0.3) is 11.1 Å². The molecule has 0 unspecified atom stereocenters. The summed E-state index contributed by atoms with van der Waals surface area (Å²) in [6.07, 6.45) is 3.92. The van der Waals surface area contributed by atoms with E-state index in [2.05, 4.69) is 15.6 Å². The number of carbonyl (C=O) groups excluding carboxylic acids is 1. The fourth-order valence-corrected chi connectivity index (χ4v) is 2.51. The zero-order valence-corrected chi connectivity index (χ0v) is 11.6. The molecule has 1 saturated heterocycles. The van der Waals surface area contributed by atoms with Crippen molar-refractivity contribution in [3.8, 4) is 0 Å². The van der Waals surface area contributed by atoms with E-state index in [0.29, 0.717) is 0 Å². The number of fused-ring (bicyclic) bond motifs is 1. The quantitative estimate of drug-likeness (QED) is 0.901. The number of carbonyl (C=O) groups is 1. The Morgan fingerprint density at radius 2 is 2.40 bits per heavy atom. The molecule has 1 aromatic heterocycles. The van der Waals surface area contributed by atoms with Crippen LogP contribution in [0.5, 0.6) is 0 Å². The van der Waals surface area contributed by atoms with Gasteiger partial charge in [0.15, 0.2) is 11.5 Å². The first-order valence-corrected chi connectivity index (χ1v) is 7.20. The van der Waals surface area contributed by atoms with Gasteiger partial charge in [-0.05, 0) is 37.6 Å². The monoisotopic (exact) mass is 273 g/mol. The lowest BCUT2D eigenvalue weighted by molar-refractivity contribution is -0.118. The largest absolute Gasteiger partial charge is 0.441 e. The Morgan fingerprint density at radius 1 is 1.50 bits per heavy atom. The van der Waals surface area contributed by atoms with Gasteiger partial charge in [-0.2, -0.15) is 0 Å². The van der Waals surface area contributed by atoms with Crippen LogP contribution < -0.4 is 10.6 Å². The molecule has 1 aliphatic rings. The third kappa shape index (κ3) is 2.67. The molecule has 2 aromatic rings. The highest BCUT2D eigenvalue weighted by atomic mass is 16.3. The molecule has 0 saturated carbocycles. The van der Waals surface area contributed by atoms with Crippen LogP contribution >= 0.6 is 0 Å². The minimum Gasteiger partial charge on any atom is -0.441 e. The molecule has 106 valence electrons. The molecule has 1 fully saturated rings. The Balaban J connectivity index is 1.74. The normalized spacial score (nSPS) is 19.1. The van der Waals surface area contributed by atoms with Crippen molar-refractivity contribution in [2.24, 2.45) is 0 Å². The van der Waals surface area contributed by atoms with Gasteiger partial charge in [0.2, 0.25) is 5.91 Å². The van der Waals surface area contributed by atoms with Crippen LogP contribution in [0.15, 0.2) is 22.6 Å². The van der Waals surface area contributed by atoms with Crippen LogP contribution in [-0.4, -0.2) is 23.5 Å². The van der Waals surface area contributed by atoms with Crippen molar-refractivity contribution in [3.63, 3.8) is 0 Å². The Bertz CT molecular complexity index is 615. The van der Waals surface area contributed by atoms with E-state index < -0.39 is 0 Å². The molecule has 1 atom stereocenters. The van der Waals surface area contributed by atoms with Gasteiger partial charge in [-0.3, -0.25) is 4.79 Å². The molecule has 1 amide bonds. The third-order valence-electron chi connectivity index (χ3n) is 3.63. The summed E-state index contributed by atoms with van der Waals surface area (Å²) in [5.41, 5.74) is 2.32. The summed E-state index contributed by atoms with van der Waals surface area (Å²) in [5.74, 6) is 0.751. The molecule has 1 aliphatic heterocycles. The van der Waals surface area contributed by atoms with E-state index in [1.165, 1.54) is 0 Å². The van der Waals surface area contributed by atoms with Crippen molar-refractivity contribution in [2.45, 2.75) is 38.6 Å². The Kier molecular flexibility index (Phi) is 3.69. The van der Waals surface area contributed by atoms with Crippen LogP contribution in [0.1, 0.15) is 32.1 Å². The SMILES string of the molecule is CCc1nc2cc(NC(=O)[C@H]3CCCCN3)ccc2o1. The average Bonchev–Trinajstić information content (AvgIpc) is 2.90. The summed E-state index contributed by atoms with van der Waals surface area (Å²) in [5, 5.41) is 6.19. The molecule has 1 aromatic carbocycles. The van der Waals surface area contributed by atoms with Gasteiger partial charge in [-0.15, -0.1) is 0 Å². The zero-order valence-electron chi connectivity index (χ0n) is 11.6. The molecule has 2 N–H and O–H groups in total. The lowest BCUT2D eigenvalue weighted by atomic mass is 10.0. The third-order valence-corrected chi connectivity index (χ3v) is 3.63. The standard InChI is InChI=1S/C15H19N3O2/c1-2-14-18-12-9-10(6-7-13(12)20-14)17-15(19)11-5-3-4-8-16-11/h6-7,9,11,16H,2-5,8H2,1H3,(H,17,19)/t11-/m1/s1. The number of nitrogens with zero attached hydrogens (tertiary/aromatic N) is 1. The number of amides is 1. The second-order valence-corrected chi connectivity index (χ2v) is 5.14. The van der Waals surface area contributed by atoms with Crippen LogP contribution in [0.3, 0.4) is 0 Å². The molecule has 0 spiro atoms. The number of rotatable bonds is 3. The average molecular weight is 273 g/mol. The minimum absolute atomic E-state index is 0.0308. The van der Waals surface area contributed by atoms with E-state index in [4.69, 9.17) is 4.42 Å². The van der Waals surface area contributed by atoms with Crippen LogP contribution in [0.2, 0.25) is 0 Å². The molecule has 20 heavy (non-hydrogen) atoms. The van der Waals surface area contributed by atoms with E-state index in [-0.39, 0.29) is 11.9 Å². The van der Waals surface area contributed by atoms with E-state index in [1.54, 1.807) is 0 Å². The maximum atomic E-state index is 12.1. The predicted octanol–water partition coefficient (Wildman–Crippen LogP) is 2.47. The molecule has 3 rings (SSSR count). The van der Waals surface area contributed by atoms with Crippen molar-refractivity contribution in [3.05, 3.63) is 24.1 Å². The van der Waals surface area contributed by atoms with E-state index in [9.17, 15) is 4.79 Å². The first kappa shape index (κ1) is 13.1. The zero-order chi connectivity index (χ0) is 13.9. The minimum atomic E-state index is -0.0806. The number of hydrogen-bond acceptors (Lipinski definition) is 4. The lowest BCUT2D eigenvalue weighted by Gasteiger charge is -2.22. The Morgan fingerprint density at radius 3 is 3.15 bits per heavy atom. The molecule has 5 heteroatoms. The smallest absolute Gasteiger partial charge is 0.241 e. The second-order valence-electron chi connectivity index (χ2n) is 5.14. The summed E-state index contributed by atoms with van der Waals surface area (Å²) in [4.78, 5) is 16.5. The number of aromatic nitrogens is 1. The van der Waals surface area contributed by atoms with Gasteiger partial charge in [0.1, 0.15) is 5.52 Å². The summed E-state index contributed by atoms with van der Waals surface area (Å²) >= 11 is 0. The summed E-state index contributed by atoms with van der Waals surface area (Å²) in [7, 11) is 0. The molecular formula is C15H19N3O2. The van der Waals surface area contributed by atoms with Gasteiger partial charge >= 0.3 is 0 Å². The molecule has 2 heterocycles. The van der Waals surface area contributed by atoms with Gasteiger partial charge in [-0.25, -0.2) is 4.98 Å². The maximum absolute atomic E-state index is 12.1.